The molecule has 0 aliphatic carbocycles. The van der Waals surface area contributed by atoms with Crippen LogP contribution >= 0.6 is 11.3 Å². The van der Waals surface area contributed by atoms with Crippen LogP contribution in [0.5, 0.6) is 0 Å². The predicted octanol–water partition coefficient (Wildman–Crippen LogP) is 1.70. The minimum absolute atomic E-state index is 0.107. The Kier molecular flexibility index (Phi) is 4.84. The summed E-state index contributed by atoms with van der Waals surface area (Å²) >= 11 is 1.38. The lowest BCUT2D eigenvalue weighted by Gasteiger charge is -2.26. The van der Waals surface area contributed by atoms with Gasteiger partial charge in [-0.15, -0.1) is 11.3 Å². The molecule has 1 N–H and O–H groups in total. The van der Waals surface area contributed by atoms with E-state index in [-0.39, 0.29) is 11.6 Å². The summed E-state index contributed by atoms with van der Waals surface area (Å²) in [6, 6.07) is -0.288. The van der Waals surface area contributed by atoms with Crippen molar-refractivity contribution in [2.24, 2.45) is 0 Å². The number of aliphatic carboxylic acids is 1. The molecule has 0 saturated heterocycles. The summed E-state index contributed by atoms with van der Waals surface area (Å²) in [5, 5.41) is 9.02. The Hall–Kier alpha value is -2.22. The zero-order valence-electron chi connectivity index (χ0n) is 13.5. The van der Waals surface area contributed by atoms with Gasteiger partial charge >= 0.3 is 5.97 Å². The van der Waals surface area contributed by atoms with E-state index >= 15 is 0 Å². The molecule has 2 aromatic rings. The van der Waals surface area contributed by atoms with Gasteiger partial charge in [-0.1, -0.05) is 6.92 Å². The van der Waals surface area contributed by atoms with Crippen molar-refractivity contribution in [2.75, 3.05) is 6.54 Å². The van der Waals surface area contributed by atoms with Gasteiger partial charge in [0.1, 0.15) is 12.1 Å². The van der Waals surface area contributed by atoms with Crippen molar-refractivity contribution in [1.82, 2.24) is 14.3 Å². The number of hydrogen-bond acceptors (Lipinski definition) is 5. The van der Waals surface area contributed by atoms with E-state index in [0.717, 1.165) is 10.6 Å². The van der Waals surface area contributed by atoms with E-state index in [4.69, 9.17) is 5.11 Å². The number of aromatic nitrogens is 2. The van der Waals surface area contributed by atoms with Gasteiger partial charge in [0.25, 0.3) is 11.5 Å². The Labute approximate surface area is 137 Å². The van der Waals surface area contributed by atoms with Crippen molar-refractivity contribution in [2.45, 2.75) is 40.2 Å². The van der Waals surface area contributed by atoms with Crippen LogP contribution in [0.2, 0.25) is 0 Å². The number of nitrogens with zero attached hydrogens (tertiary/aromatic N) is 3. The minimum Gasteiger partial charge on any atom is -0.480 e. The van der Waals surface area contributed by atoms with E-state index in [1.165, 1.54) is 26.8 Å². The summed E-state index contributed by atoms with van der Waals surface area (Å²) in [5.74, 6) is -1.72. The molecule has 0 aliphatic heterocycles. The number of carboxylic acids is 1. The summed E-state index contributed by atoms with van der Waals surface area (Å²) in [6.07, 6.45) is 1.83. The number of carbonyl (C=O) groups is 2. The Morgan fingerprint density at radius 3 is 2.65 bits per heavy atom. The highest BCUT2D eigenvalue weighted by Gasteiger charge is 2.26. The molecule has 2 heterocycles. The van der Waals surface area contributed by atoms with Crippen LogP contribution in [0.25, 0.3) is 4.96 Å². The lowest BCUT2D eigenvalue weighted by atomic mass is 10.2. The number of rotatable bonds is 5. The van der Waals surface area contributed by atoms with Gasteiger partial charge in [0.15, 0.2) is 4.96 Å². The molecule has 8 heteroatoms. The molecular formula is C15H19N3O4S. The fourth-order valence-corrected chi connectivity index (χ4v) is 3.20. The molecule has 1 unspecified atom stereocenters. The van der Waals surface area contributed by atoms with Gasteiger partial charge in [-0.2, -0.15) is 0 Å². The van der Waals surface area contributed by atoms with Gasteiger partial charge in [-0.05, 0) is 27.2 Å². The topological polar surface area (TPSA) is 92.0 Å². The number of carboxylic acid groups (broad SMARTS) is 1. The predicted molar refractivity (Wildman–Crippen MR) is 87.2 cm³/mol. The van der Waals surface area contributed by atoms with E-state index < -0.39 is 24.0 Å². The van der Waals surface area contributed by atoms with Crippen LogP contribution in [0, 0.1) is 13.8 Å². The van der Waals surface area contributed by atoms with Crippen LogP contribution in [0.4, 0.5) is 0 Å². The van der Waals surface area contributed by atoms with Crippen LogP contribution < -0.4 is 5.56 Å². The van der Waals surface area contributed by atoms with Crippen LogP contribution in [0.1, 0.15) is 41.2 Å². The summed E-state index contributed by atoms with van der Waals surface area (Å²) < 4.78 is 1.41. The van der Waals surface area contributed by atoms with Crippen LogP contribution in [-0.4, -0.2) is 43.9 Å². The standard InChI is InChI=1S/C15H19N3O4S/c1-5-8(2)17(7-12(19)20)13(21)11-6-16-15-18(14(11)22)9(3)10(4)23-15/h6,8H,5,7H2,1-4H3,(H,19,20). The first kappa shape index (κ1) is 17.1. The molecule has 2 rings (SSSR count). The molecule has 1 amide bonds. The Balaban J connectivity index is 2.55. The van der Waals surface area contributed by atoms with Crippen LogP contribution in [0.3, 0.4) is 0 Å². The fourth-order valence-electron chi connectivity index (χ4n) is 2.27. The zero-order valence-corrected chi connectivity index (χ0v) is 14.3. The second-order valence-electron chi connectivity index (χ2n) is 5.42. The van der Waals surface area contributed by atoms with Crippen LogP contribution in [0.15, 0.2) is 11.0 Å². The van der Waals surface area contributed by atoms with Gasteiger partial charge in [-0.3, -0.25) is 18.8 Å². The number of thiazole rings is 1. The lowest BCUT2D eigenvalue weighted by Crippen LogP contribution is -2.44. The number of amides is 1. The van der Waals surface area contributed by atoms with Gasteiger partial charge in [0.2, 0.25) is 0 Å². The molecule has 23 heavy (non-hydrogen) atoms. The molecule has 0 radical (unpaired) electrons. The summed E-state index contributed by atoms with van der Waals surface area (Å²) in [6.45, 7) is 6.83. The molecule has 0 aliphatic rings. The quantitative estimate of drug-likeness (QED) is 0.896. The highest BCUT2D eigenvalue weighted by atomic mass is 32.1. The molecule has 7 nitrogen and oxygen atoms in total. The minimum atomic E-state index is -1.12. The molecule has 2 aromatic heterocycles. The van der Waals surface area contributed by atoms with Gasteiger partial charge < -0.3 is 10.0 Å². The van der Waals surface area contributed by atoms with Crippen molar-refractivity contribution >= 4 is 28.2 Å². The van der Waals surface area contributed by atoms with Crippen molar-refractivity contribution in [3.05, 3.63) is 32.7 Å². The maximum atomic E-state index is 12.7. The van der Waals surface area contributed by atoms with E-state index in [9.17, 15) is 14.4 Å². The lowest BCUT2D eigenvalue weighted by molar-refractivity contribution is -0.138. The highest BCUT2D eigenvalue weighted by molar-refractivity contribution is 7.17. The maximum absolute atomic E-state index is 12.7. The fraction of sp³-hybridized carbons (Fsp3) is 0.467. The van der Waals surface area contributed by atoms with E-state index in [1.54, 1.807) is 13.8 Å². The summed E-state index contributed by atoms with van der Waals surface area (Å²) in [5.41, 5.74) is 0.177. The van der Waals surface area contributed by atoms with Crippen molar-refractivity contribution in [3.63, 3.8) is 0 Å². The molecule has 0 aromatic carbocycles. The number of aryl methyl sites for hydroxylation is 2. The van der Waals surface area contributed by atoms with Crippen molar-refractivity contribution < 1.29 is 14.7 Å². The highest BCUT2D eigenvalue weighted by Crippen LogP contribution is 2.19. The molecular weight excluding hydrogens is 318 g/mol. The van der Waals surface area contributed by atoms with Gasteiger partial charge in [0, 0.05) is 22.8 Å². The first-order valence-corrected chi connectivity index (χ1v) is 8.10. The van der Waals surface area contributed by atoms with Crippen molar-refractivity contribution in [1.29, 1.82) is 0 Å². The molecule has 0 spiro atoms. The molecule has 0 bridgehead atoms. The third-order valence-electron chi connectivity index (χ3n) is 3.94. The van der Waals surface area contributed by atoms with Gasteiger partial charge in [0.05, 0.1) is 0 Å². The average molecular weight is 337 g/mol. The number of carbonyl (C=O) groups excluding carboxylic acids is 1. The Bertz CT molecular complexity index is 824. The normalized spacial score (nSPS) is 12.3. The third kappa shape index (κ3) is 3.12. The van der Waals surface area contributed by atoms with Crippen molar-refractivity contribution in [3.8, 4) is 0 Å². The average Bonchev–Trinajstić information content (AvgIpc) is 2.79. The molecule has 124 valence electrons. The molecule has 0 saturated carbocycles. The second kappa shape index (κ2) is 6.49. The maximum Gasteiger partial charge on any atom is 0.323 e. The Morgan fingerprint density at radius 2 is 2.09 bits per heavy atom. The number of fused-ring (bicyclic) bond motifs is 1. The van der Waals surface area contributed by atoms with E-state index in [2.05, 4.69) is 4.98 Å². The SMILES string of the molecule is CCC(C)N(CC(=O)O)C(=O)c1cnc2sc(C)c(C)n2c1=O. The second-order valence-corrected chi connectivity index (χ2v) is 6.60. The summed E-state index contributed by atoms with van der Waals surface area (Å²) in [4.78, 5) is 43.2. The zero-order chi connectivity index (χ0) is 17.3. The third-order valence-corrected chi connectivity index (χ3v) is 5.01. The summed E-state index contributed by atoms with van der Waals surface area (Å²) in [7, 11) is 0. The van der Waals surface area contributed by atoms with Gasteiger partial charge in [-0.25, -0.2) is 4.98 Å². The smallest absolute Gasteiger partial charge is 0.323 e. The molecule has 0 fully saturated rings. The largest absolute Gasteiger partial charge is 0.480 e. The number of hydrogen-bond donors (Lipinski definition) is 1. The molecule has 1 atom stereocenters. The van der Waals surface area contributed by atoms with E-state index in [1.807, 2.05) is 13.8 Å². The van der Waals surface area contributed by atoms with E-state index in [0.29, 0.717) is 11.4 Å². The first-order chi connectivity index (χ1) is 10.8. The van der Waals surface area contributed by atoms with Crippen LogP contribution in [-0.2, 0) is 4.79 Å². The Morgan fingerprint density at radius 1 is 1.43 bits per heavy atom. The monoisotopic (exact) mass is 337 g/mol. The first-order valence-electron chi connectivity index (χ1n) is 7.28.